The molecule has 1 N–H and O–H groups in total. The van der Waals surface area contributed by atoms with Crippen molar-refractivity contribution >= 4 is 11.9 Å². The highest BCUT2D eigenvalue weighted by atomic mass is 16.5. The van der Waals surface area contributed by atoms with Gasteiger partial charge in [0.05, 0.1) is 15.6 Å². The molecule has 0 spiro atoms. The molecule has 1 fully saturated rings. The van der Waals surface area contributed by atoms with Crippen molar-refractivity contribution in [2.75, 3.05) is 13.2 Å². The molecule has 0 aliphatic heterocycles. The quantitative estimate of drug-likeness (QED) is 0.313. The number of hydrogen-bond acceptors (Lipinski definition) is 4. The number of carbonyl (C=O) groups excluding carboxylic acids is 1. The van der Waals surface area contributed by atoms with Crippen LogP contribution in [0.3, 0.4) is 0 Å². The Balaban J connectivity index is 1.51. The molecule has 1 saturated carbocycles. The van der Waals surface area contributed by atoms with Crippen LogP contribution in [0.1, 0.15) is 57.2 Å². The second-order valence-corrected chi connectivity index (χ2v) is 8.57. The Labute approximate surface area is 203 Å². The molecule has 6 nitrogen and oxygen atoms in total. The molecule has 6 heteroatoms. The Kier molecular flexibility index (Phi) is 7.14. The van der Waals surface area contributed by atoms with E-state index in [1.54, 1.807) is 60.9 Å². The summed E-state index contributed by atoms with van der Waals surface area (Å²) in [6.45, 7) is -1.41. The molecule has 0 bridgehead atoms. The van der Waals surface area contributed by atoms with Gasteiger partial charge < -0.3 is 19.2 Å². The fourth-order valence-corrected chi connectivity index (χ4v) is 3.68. The SMILES string of the molecule is [2H]C([2H])(c1ccccc1OCCCCCC(=O)O)N(CC1CC1)C(=O)c1ccc(-c2ccco2)cc1. The Morgan fingerprint density at radius 1 is 1.03 bits per heavy atom. The molecule has 1 aliphatic rings. The molecule has 3 aromatic rings. The minimum atomic E-state index is -2.08. The van der Waals surface area contributed by atoms with E-state index >= 15 is 0 Å². The van der Waals surface area contributed by atoms with Gasteiger partial charge in [-0.1, -0.05) is 30.3 Å². The first-order valence-corrected chi connectivity index (χ1v) is 11.8. The monoisotopic (exact) mass is 463 g/mol. The van der Waals surface area contributed by atoms with Crippen molar-refractivity contribution in [1.29, 1.82) is 0 Å². The lowest BCUT2D eigenvalue weighted by Crippen LogP contribution is -2.32. The van der Waals surface area contributed by atoms with Crippen molar-refractivity contribution in [3.05, 3.63) is 78.1 Å². The van der Waals surface area contributed by atoms with Crippen LogP contribution in [-0.4, -0.2) is 35.0 Å². The van der Waals surface area contributed by atoms with E-state index in [1.165, 1.54) is 4.90 Å². The number of furan rings is 1. The molecular weight excluding hydrogens is 430 g/mol. The third-order valence-electron chi connectivity index (χ3n) is 5.76. The summed E-state index contributed by atoms with van der Waals surface area (Å²) in [7, 11) is 0. The predicted octanol–water partition coefficient (Wildman–Crippen LogP) is 6.02. The van der Waals surface area contributed by atoms with Crippen molar-refractivity contribution in [3.63, 3.8) is 0 Å². The minimum absolute atomic E-state index is 0.125. The summed E-state index contributed by atoms with van der Waals surface area (Å²) in [5.74, 6) is 0.191. The Morgan fingerprint density at radius 3 is 2.53 bits per heavy atom. The fraction of sp³-hybridized carbons (Fsp3) is 0.357. The van der Waals surface area contributed by atoms with Crippen molar-refractivity contribution < 1.29 is 26.6 Å². The normalized spacial score (nSPS) is 14.2. The zero-order valence-electron chi connectivity index (χ0n) is 21.1. The number of benzene rings is 2. The van der Waals surface area contributed by atoms with Gasteiger partial charge in [-0.15, -0.1) is 0 Å². The van der Waals surface area contributed by atoms with Gasteiger partial charge in [0.15, 0.2) is 0 Å². The van der Waals surface area contributed by atoms with E-state index in [1.807, 2.05) is 6.07 Å². The van der Waals surface area contributed by atoms with Gasteiger partial charge in [-0.05, 0) is 68.4 Å². The van der Waals surface area contributed by atoms with E-state index < -0.39 is 12.5 Å². The molecule has 0 saturated heterocycles. The number of carbonyl (C=O) groups is 2. The Morgan fingerprint density at radius 2 is 1.82 bits per heavy atom. The van der Waals surface area contributed by atoms with Gasteiger partial charge in [-0.25, -0.2) is 0 Å². The number of ether oxygens (including phenoxy) is 1. The van der Waals surface area contributed by atoms with E-state index in [0.29, 0.717) is 55.1 Å². The summed E-state index contributed by atoms with van der Waals surface area (Å²) in [5, 5.41) is 8.77. The highest BCUT2D eigenvalue weighted by molar-refractivity contribution is 5.94. The van der Waals surface area contributed by atoms with Crippen molar-refractivity contribution in [1.82, 2.24) is 4.90 Å². The summed E-state index contributed by atoms with van der Waals surface area (Å²) >= 11 is 0. The molecule has 0 unspecified atom stereocenters. The number of para-hydroxylation sites is 1. The molecule has 2 aromatic carbocycles. The van der Waals surface area contributed by atoms with E-state index in [0.717, 1.165) is 18.4 Å². The maximum absolute atomic E-state index is 13.6. The lowest BCUT2D eigenvalue weighted by molar-refractivity contribution is -0.137. The van der Waals surface area contributed by atoms with Gasteiger partial charge in [-0.2, -0.15) is 0 Å². The third kappa shape index (κ3) is 6.73. The second-order valence-electron chi connectivity index (χ2n) is 8.57. The summed E-state index contributed by atoms with van der Waals surface area (Å²) in [4.78, 5) is 25.6. The number of amides is 1. The number of nitrogens with zero attached hydrogens (tertiary/aromatic N) is 1. The van der Waals surface area contributed by atoms with Crippen molar-refractivity contribution in [3.8, 4) is 17.1 Å². The van der Waals surface area contributed by atoms with E-state index in [9.17, 15) is 9.59 Å². The standard InChI is InChI=1S/C28H31NO5/c30-27(31)10-2-1-5-17-33-26-8-4-3-7-24(26)20-29(19-21-11-12-21)28(32)23-15-13-22(14-16-23)25-9-6-18-34-25/h3-4,6-9,13-16,18,21H,1-2,5,10-12,17,19-20H2,(H,30,31)/i20D2. The summed E-state index contributed by atoms with van der Waals surface area (Å²) in [6.07, 6.45) is 5.62. The molecule has 4 rings (SSSR count). The van der Waals surface area contributed by atoms with Crippen LogP contribution in [-0.2, 0) is 11.3 Å². The first kappa shape index (κ1) is 21.0. The zero-order chi connectivity index (χ0) is 25.5. The first-order valence-electron chi connectivity index (χ1n) is 12.8. The number of carboxylic acid groups (broad SMARTS) is 1. The molecule has 0 radical (unpaired) electrons. The predicted molar refractivity (Wildman–Crippen MR) is 130 cm³/mol. The lowest BCUT2D eigenvalue weighted by Gasteiger charge is -2.24. The van der Waals surface area contributed by atoms with Crippen LogP contribution < -0.4 is 4.74 Å². The molecule has 1 amide bonds. The van der Waals surface area contributed by atoms with Gasteiger partial charge in [-0.3, -0.25) is 9.59 Å². The number of unbranched alkanes of at least 4 members (excludes halogenated alkanes) is 2. The van der Waals surface area contributed by atoms with Crippen LogP contribution >= 0.6 is 0 Å². The van der Waals surface area contributed by atoms with Gasteiger partial charge in [0.1, 0.15) is 11.5 Å². The van der Waals surface area contributed by atoms with Crippen LogP contribution in [0.2, 0.25) is 0 Å². The van der Waals surface area contributed by atoms with Gasteiger partial charge in [0.2, 0.25) is 0 Å². The van der Waals surface area contributed by atoms with Gasteiger partial charge in [0.25, 0.3) is 5.91 Å². The summed E-state index contributed by atoms with van der Waals surface area (Å²) < 4.78 is 29.4. The smallest absolute Gasteiger partial charge is 0.303 e. The van der Waals surface area contributed by atoms with Crippen LogP contribution in [0.25, 0.3) is 11.3 Å². The molecule has 1 aromatic heterocycles. The highest BCUT2D eigenvalue weighted by Crippen LogP contribution is 2.32. The zero-order valence-corrected chi connectivity index (χ0v) is 19.1. The van der Waals surface area contributed by atoms with Gasteiger partial charge >= 0.3 is 5.97 Å². The number of rotatable bonds is 13. The molecule has 1 aliphatic carbocycles. The number of aliphatic carboxylic acids is 1. The van der Waals surface area contributed by atoms with Crippen LogP contribution in [0.5, 0.6) is 5.75 Å². The molecule has 178 valence electrons. The van der Waals surface area contributed by atoms with Crippen LogP contribution in [0, 0.1) is 5.92 Å². The summed E-state index contributed by atoms with van der Waals surface area (Å²) in [6, 6.07) is 17.6. The fourth-order valence-electron chi connectivity index (χ4n) is 3.68. The van der Waals surface area contributed by atoms with Crippen LogP contribution in [0.4, 0.5) is 0 Å². The molecule has 0 atom stereocenters. The maximum atomic E-state index is 13.6. The Hall–Kier alpha value is -3.54. The highest BCUT2D eigenvalue weighted by Gasteiger charge is 2.28. The van der Waals surface area contributed by atoms with E-state index in [-0.39, 0.29) is 18.2 Å². The topological polar surface area (TPSA) is 80.0 Å². The summed E-state index contributed by atoms with van der Waals surface area (Å²) in [5.41, 5.74) is 1.55. The van der Waals surface area contributed by atoms with E-state index in [4.69, 9.17) is 17.0 Å². The van der Waals surface area contributed by atoms with Crippen molar-refractivity contribution in [2.24, 2.45) is 5.92 Å². The molecular formula is C28H31NO5. The third-order valence-corrected chi connectivity index (χ3v) is 5.76. The maximum Gasteiger partial charge on any atom is 0.303 e. The Bertz CT molecular complexity index is 1160. The van der Waals surface area contributed by atoms with Gasteiger partial charge in [0, 0.05) is 36.2 Å². The minimum Gasteiger partial charge on any atom is -0.493 e. The molecule has 34 heavy (non-hydrogen) atoms. The number of carboxylic acids is 1. The number of hydrogen-bond donors (Lipinski definition) is 1. The first-order chi connectivity index (χ1) is 17.4. The molecule has 1 heterocycles. The van der Waals surface area contributed by atoms with Crippen LogP contribution in [0.15, 0.2) is 71.3 Å². The van der Waals surface area contributed by atoms with E-state index in [2.05, 4.69) is 0 Å². The average molecular weight is 464 g/mol. The average Bonchev–Trinajstić information content (AvgIpc) is 3.53. The second kappa shape index (κ2) is 11.5. The largest absolute Gasteiger partial charge is 0.493 e. The van der Waals surface area contributed by atoms with Crippen molar-refractivity contribution in [2.45, 2.75) is 45.0 Å². The lowest BCUT2D eigenvalue weighted by atomic mass is 10.1.